The van der Waals surface area contributed by atoms with Crippen LogP contribution >= 0.6 is 0 Å². The molecule has 1 aliphatic carbocycles. The van der Waals surface area contributed by atoms with E-state index in [1.54, 1.807) is 24.0 Å². The van der Waals surface area contributed by atoms with Crippen molar-refractivity contribution >= 4 is 17.5 Å². The Kier molecular flexibility index (Phi) is 7.32. The zero-order valence-electron chi connectivity index (χ0n) is 19.9. The maximum Gasteiger partial charge on any atom is 0.273 e. The number of carbonyl (C=O) groups is 2. The first-order valence-electron chi connectivity index (χ1n) is 12.5. The minimum atomic E-state index is -0.441. The summed E-state index contributed by atoms with van der Waals surface area (Å²) in [6, 6.07) is 4.89. The van der Waals surface area contributed by atoms with Crippen LogP contribution in [0.4, 0.5) is 5.69 Å². The highest BCUT2D eigenvalue weighted by molar-refractivity contribution is 5.95. The molecule has 33 heavy (non-hydrogen) atoms. The number of benzene rings is 1. The third kappa shape index (κ3) is 5.05. The lowest BCUT2D eigenvalue weighted by atomic mass is 9.92. The fraction of sp³-hybridized carbons (Fsp3) is 0.680. The number of nitrogens with zero attached hydrogens (tertiary/aromatic N) is 4. The monoisotopic (exact) mass is 456 g/mol. The van der Waals surface area contributed by atoms with Gasteiger partial charge in [0.15, 0.2) is 0 Å². The van der Waals surface area contributed by atoms with Crippen molar-refractivity contribution < 1.29 is 14.5 Å². The molecule has 8 heteroatoms. The summed E-state index contributed by atoms with van der Waals surface area (Å²) >= 11 is 0. The first-order chi connectivity index (χ1) is 15.9. The molecule has 0 bridgehead atoms. The highest BCUT2D eigenvalue weighted by Crippen LogP contribution is 2.33. The Balaban J connectivity index is 1.45. The van der Waals surface area contributed by atoms with Gasteiger partial charge in [-0.2, -0.15) is 0 Å². The lowest BCUT2D eigenvalue weighted by Gasteiger charge is -2.44. The van der Waals surface area contributed by atoms with Gasteiger partial charge in [0, 0.05) is 56.0 Å². The van der Waals surface area contributed by atoms with Crippen molar-refractivity contribution in [1.82, 2.24) is 14.7 Å². The average Bonchev–Trinajstić information content (AvgIpc) is 3.34. The molecule has 1 aromatic carbocycles. The third-order valence-corrected chi connectivity index (χ3v) is 7.83. The van der Waals surface area contributed by atoms with Crippen molar-refractivity contribution in [3.05, 3.63) is 39.4 Å². The van der Waals surface area contributed by atoms with Gasteiger partial charge < -0.3 is 9.80 Å². The first-order valence-corrected chi connectivity index (χ1v) is 12.5. The van der Waals surface area contributed by atoms with E-state index in [0.29, 0.717) is 49.3 Å². The van der Waals surface area contributed by atoms with E-state index < -0.39 is 4.92 Å². The third-order valence-electron chi connectivity index (χ3n) is 7.83. The molecule has 0 aromatic heterocycles. The quantitative estimate of drug-likeness (QED) is 0.499. The second-order valence-corrected chi connectivity index (χ2v) is 9.95. The lowest BCUT2D eigenvalue weighted by Crippen LogP contribution is -2.60. The predicted molar refractivity (Wildman–Crippen MR) is 126 cm³/mol. The van der Waals surface area contributed by atoms with Gasteiger partial charge in [-0.1, -0.05) is 18.9 Å². The predicted octanol–water partition coefficient (Wildman–Crippen LogP) is 3.62. The van der Waals surface area contributed by atoms with Crippen molar-refractivity contribution in [2.24, 2.45) is 5.92 Å². The molecule has 2 heterocycles. The molecule has 2 aliphatic heterocycles. The molecule has 1 aromatic rings. The average molecular weight is 457 g/mol. The van der Waals surface area contributed by atoms with Gasteiger partial charge in [-0.25, -0.2) is 0 Å². The summed E-state index contributed by atoms with van der Waals surface area (Å²) in [5, 5.41) is 11.3. The van der Waals surface area contributed by atoms with Crippen LogP contribution in [0.15, 0.2) is 18.2 Å². The van der Waals surface area contributed by atoms with E-state index in [1.807, 2.05) is 0 Å². The molecule has 8 nitrogen and oxygen atoms in total. The Morgan fingerprint density at radius 2 is 1.67 bits per heavy atom. The van der Waals surface area contributed by atoms with Crippen LogP contribution in [0.5, 0.6) is 0 Å². The zero-order valence-corrected chi connectivity index (χ0v) is 19.9. The van der Waals surface area contributed by atoms with Crippen molar-refractivity contribution in [1.29, 1.82) is 0 Å². The van der Waals surface area contributed by atoms with Crippen molar-refractivity contribution in [3.8, 4) is 0 Å². The van der Waals surface area contributed by atoms with Crippen LogP contribution in [0.25, 0.3) is 0 Å². The molecule has 4 rings (SSSR count). The second kappa shape index (κ2) is 10.2. The molecule has 2 atom stereocenters. The minimum Gasteiger partial charge on any atom is -0.339 e. The first kappa shape index (κ1) is 23.7. The Morgan fingerprint density at radius 1 is 1.00 bits per heavy atom. The van der Waals surface area contributed by atoms with E-state index in [0.717, 1.165) is 32.2 Å². The topological polar surface area (TPSA) is 87.0 Å². The number of piperidine rings is 1. The van der Waals surface area contributed by atoms with Crippen LogP contribution in [0.3, 0.4) is 0 Å². The van der Waals surface area contributed by atoms with Gasteiger partial charge in [0.25, 0.3) is 11.6 Å². The van der Waals surface area contributed by atoms with Gasteiger partial charge in [-0.05, 0) is 57.9 Å². The Bertz CT molecular complexity index is 890. The molecule has 0 radical (unpaired) electrons. The number of carbonyl (C=O) groups excluding carboxylic acids is 2. The number of nitro groups is 1. The molecule has 2 saturated heterocycles. The number of rotatable bonds is 5. The maximum absolute atomic E-state index is 13.7. The fourth-order valence-electron chi connectivity index (χ4n) is 5.85. The van der Waals surface area contributed by atoms with Crippen molar-refractivity contribution in [2.45, 2.75) is 70.9 Å². The number of hydrogen-bond acceptors (Lipinski definition) is 5. The van der Waals surface area contributed by atoms with Gasteiger partial charge in [-0.15, -0.1) is 0 Å². The van der Waals surface area contributed by atoms with Crippen molar-refractivity contribution in [2.75, 3.05) is 32.7 Å². The summed E-state index contributed by atoms with van der Waals surface area (Å²) in [4.78, 5) is 43.8. The van der Waals surface area contributed by atoms with Gasteiger partial charge in [0.05, 0.1) is 11.0 Å². The van der Waals surface area contributed by atoms with Gasteiger partial charge >= 0.3 is 0 Å². The molecule has 180 valence electrons. The Hall–Kier alpha value is -2.48. The minimum absolute atomic E-state index is 0.0259. The summed E-state index contributed by atoms with van der Waals surface area (Å²) in [7, 11) is 0. The highest BCUT2D eigenvalue weighted by atomic mass is 16.6. The normalized spacial score (nSPS) is 23.5. The molecule has 0 N–H and O–H groups in total. The van der Waals surface area contributed by atoms with Crippen LogP contribution in [0.1, 0.15) is 67.8 Å². The van der Waals surface area contributed by atoms with Gasteiger partial charge in [0.2, 0.25) is 5.91 Å². The molecule has 2 amide bonds. The number of piperazine rings is 1. The molecule has 3 aliphatic rings. The van der Waals surface area contributed by atoms with E-state index >= 15 is 0 Å². The molecule has 0 spiro atoms. The maximum atomic E-state index is 13.7. The fourth-order valence-corrected chi connectivity index (χ4v) is 5.85. The standard InChI is InChI=1S/C25H36N4O4/c1-18-10-11-21(17-22(18)29(32)33)24(30)27-15-13-26(14-16-27)23(20-8-3-4-9-20)25(31)28-12-6-5-7-19(28)2/h10-11,17,19-20,23H,3-9,12-16H2,1-2H3/t19-,23-/m1/s1. The molecular weight excluding hydrogens is 420 g/mol. The smallest absolute Gasteiger partial charge is 0.273 e. The van der Waals surface area contributed by atoms with Crippen LogP contribution < -0.4 is 0 Å². The number of amides is 2. The van der Waals surface area contributed by atoms with Crippen LogP contribution in [-0.2, 0) is 4.79 Å². The number of nitro benzene ring substituents is 1. The SMILES string of the molecule is Cc1ccc(C(=O)N2CCN([C@@H](C(=O)N3CCCC[C@H]3C)C3CCCC3)CC2)cc1[N+](=O)[O-]. The lowest BCUT2D eigenvalue weighted by molar-refractivity contribution is -0.385. The number of hydrogen-bond donors (Lipinski definition) is 0. The van der Waals surface area contributed by atoms with E-state index in [9.17, 15) is 19.7 Å². The summed E-state index contributed by atoms with van der Waals surface area (Å²) in [6.07, 6.45) is 7.93. The number of aryl methyl sites for hydroxylation is 1. The zero-order chi connectivity index (χ0) is 23.5. The summed E-state index contributed by atoms with van der Waals surface area (Å²) in [6.45, 7) is 7.09. The molecule has 0 unspecified atom stereocenters. The molecular formula is C25H36N4O4. The summed E-state index contributed by atoms with van der Waals surface area (Å²) < 4.78 is 0. The van der Waals surface area contributed by atoms with Crippen LogP contribution in [0, 0.1) is 23.0 Å². The summed E-state index contributed by atoms with van der Waals surface area (Å²) in [5.74, 6) is 0.503. The molecule has 1 saturated carbocycles. The largest absolute Gasteiger partial charge is 0.339 e. The van der Waals surface area contributed by atoms with E-state index in [2.05, 4.69) is 16.7 Å². The molecule has 3 fully saturated rings. The number of likely N-dealkylation sites (tertiary alicyclic amines) is 1. The van der Waals surface area contributed by atoms with Gasteiger partial charge in [0.1, 0.15) is 0 Å². The Morgan fingerprint density at radius 3 is 2.30 bits per heavy atom. The van der Waals surface area contributed by atoms with E-state index in [4.69, 9.17) is 0 Å². The second-order valence-electron chi connectivity index (χ2n) is 9.95. The highest BCUT2D eigenvalue weighted by Gasteiger charge is 2.40. The Labute approximate surface area is 196 Å². The van der Waals surface area contributed by atoms with Gasteiger partial charge in [-0.3, -0.25) is 24.6 Å². The van der Waals surface area contributed by atoms with Crippen LogP contribution in [-0.4, -0.2) is 76.2 Å². The van der Waals surface area contributed by atoms with E-state index in [1.165, 1.54) is 25.3 Å². The van der Waals surface area contributed by atoms with Crippen LogP contribution in [0.2, 0.25) is 0 Å². The van der Waals surface area contributed by atoms with E-state index in [-0.39, 0.29) is 23.5 Å². The van der Waals surface area contributed by atoms with Crippen molar-refractivity contribution in [3.63, 3.8) is 0 Å². The summed E-state index contributed by atoms with van der Waals surface area (Å²) in [5.41, 5.74) is 0.875.